The fraction of sp³-hybridized carbons (Fsp3) is 0.333. The number of carbonyl (C=O) groups excluding carboxylic acids is 1. The zero-order chi connectivity index (χ0) is 13.5. The van der Waals surface area contributed by atoms with Crippen LogP contribution in [-0.2, 0) is 9.59 Å². The number of hydrogen-bond acceptors (Lipinski definition) is 3. The number of carboxylic acids is 1. The Hall–Kier alpha value is -2.11. The van der Waals surface area contributed by atoms with Gasteiger partial charge in [-0.1, -0.05) is 0 Å². The second kappa shape index (κ2) is 6.58. The number of hydrogen-bond donors (Lipinski definition) is 2. The number of amides is 1. The van der Waals surface area contributed by atoms with Gasteiger partial charge in [0, 0.05) is 6.54 Å². The first-order chi connectivity index (χ1) is 8.49. The number of rotatable bonds is 6. The molecule has 98 valence electrons. The van der Waals surface area contributed by atoms with Crippen molar-refractivity contribution in [2.45, 2.75) is 19.4 Å². The van der Waals surface area contributed by atoms with Crippen LogP contribution in [0.5, 0.6) is 5.75 Å². The van der Waals surface area contributed by atoms with E-state index >= 15 is 0 Å². The second-order valence-corrected chi connectivity index (χ2v) is 3.65. The molecule has 1 aromatic carbocycles. The Balaban J connectivity index is 2.39. The highest BCUT2D eigenvalue weighted by molar-refractivity contribution is 5.81. The lowest BCUT2D eigenvalue weighted by Gasteiger charge is -2.14. The summed E-state index contributed by atoms with van der Waals surface area (Å²) in [6.45, 7) is 1.57. The quantitative estimate of drug-likeness (QED) is 0.800. The maximum absolute atomic E-state index is 12.6. The van der Waals surface area contributed by atoms with E-state index in [1.165, 1.54) is 31.2 Å². The molecule has 0 spiro atoms. The van der Waals surface area contributed by atoms with E-state index < -0.39 is 18.0 Å². The minimum absolute atomic E-state index is 0.0469. The van der Waals surface area contributed by atoms with E-state index in [0.717, 1.165) is 0 Å². The van der Waals surface area contributed by atoms with Gasteiger partial charge in [-0.05, 0) is 31.2 Å². The van der Waals surface area contributed by atoms with Crippen LogP contribution in [0.1, 0.15) is 13.3 Å². The molecule has 1 rings (SSSR count). The lowest BCUT2D eigenvalue weighted by molar-refractivity contribution is -0.137. The molecule has 0 bridgehead atoms. The van der Waals surface area contributed by atoms with Gasteiger partial charge in [0.15, 0.2) is 6.10 Å². The van der Waals surface area contributed by atoms with Crippen molar-refractivity contribution in [3.05, 3.63) is 30.1 Å². The average Bonchev–Trinajstić information content (AvgIpc) is 2.31. The molecule has 0 aliphatic rings. The standard InChI is InChI=1S/C12H14FNO4/c1-8(12(17)14-7-6-11(15)16)18-10-4-2-9(13)3-5-10/h2-5,8H,6-7H2,1H3,(H,14,17)(H,15,16). The molecule has 0 radical (unpaired) electrons. The minimum atomic E-state index is -0.984. The second-order valence-electron chi connectivity index (χ2n) is 3.65. The van der Waals surface area contributed by atoms with E-state index in [9.17, 15) is 14.0 Å². The van der Waals surface area contributed by atoms with Gasteiger partial charge in [0.1, 0.15) is 11.6 Å². The molecule has 1 atom stereocenters. The molecule has 2 N–H and O–H groups in total. The van der Waals surface area contributed by atoms with Crippen molar-refractivity contribution >= 4 is 11.9 Å². The minimum Gasteiger partial charge on any atom is -0.481 e. The summed E-state index contributed by atoms with van der Waals surface area (Å²) in [5.41, 5.74) is 0. The maximum atomic E-state index is 12.6. The van der Waals surface area contributed by atoms with E-state index in [4.69, 9.17) is 9.84 Å². The average molecular weight is 255 g/mol. The van der Waals surface area contributed by atoms with Gasteiger partial charge < -0.3 is 15.2 Å². The van der Waals surface area contributed by atoms with Crippen LogP contribution in [-0.4, -0.2) is 29.6 Å². The Bertz CT molecular complexity index is 419. The summed E-state index contributed by atoms with van der Waals surface area (Å²) in [6.07, 6.45) is -0.918. The molecule has 1 aromatic rings. The number of halogens is 1. The monoisotopic (exact) mass is 255 g/mol. The first-order valence-electron chi connectivity index (χ1n) is 5.41. The number of nitrogens with one attached hydrogen (secondary N) is 1. The van der Waals surface area contributed by atoms with Crippen LogP contribution in [0.3, 0.4) is 0 Å². The van der Waals surface area contributed by atoms with Gasteiger partial charge >= 0.3 is 5.97 Å². The van der Waals surface area contributed by atoms with Crippen molar-refractivity contribution in [3.8, 4) is 5.75 Å². The zero-order valence-corrected chi connectivity index (χ0v) is 9.85. The summed E-state index contributed by atoms with van der Waals surface area (Å²) in [5.74, 6) is -1.42. The molecule has 0 aliphatic heterocycles. The van der Waals surface area contributed by atoms with Crippen molar-refractivity contribution in [2.75, 3.05) is 6.54 Å². The van der Waals surface area contributed by atoms with E-state index in [2.05, 4.69) is 5.32 Å². The summed E-state index contributed by atoms with van der Waals surface area (Å²) in [7, 11) is 0. The third-order valence-corrected chi connectivity index (χ3v) is 2.13. The van der Waals surface area contributed by atoms with E-state index in [1.807, 2.05) is 0 Å². The number of benzene rings is 1. The molecular weight excluding hydrogens is 241 g/mol. The molecule has 5 nitrogen and oxygen atoms in total. The normalized spacial score (nSPS) is 11.7. The van der Waals surface area contributed by atoms with Gasteiger partial charge in [0.05, 0.1) is 6.42 Å². The molecule has 0 saturated carbocycles. The molecule has 0 aromatic heterocycles. The fourth-order valence-electron chi connectivity index (χ4n) is 1.21. The topological polar surface area (TPSA) is 75.6 Å². The summed E-state index contributed by atoms with van der Waals surface area (Å²) in [6, 6.07) is 5.28. The molecule has 0 saturated heterocycles. The van der Waals surface area contributed by atoms with E-state index in [-0.39, 0.29) is 18.8 Å². The first-order valence-corrected chi connectivity index (χ1v) is 5.41. The van der Waals surface area contributed by atoms with Crippen LogP contribution < -0.4 is 10.1 Å². The van der Waals surface area contributed by atoms with E-state index in [1.54, 1.807) is 0 Å². The molecule has 0 aliphatic carbocycles. The maximum Gasteiger partial charge on any atom is 0.305 e. The summed E-state index contributed by atoms with van der Waals surface area (Å²) < 4.78 is 17.9. The van der Waals surface area contributed by atoms with Crippen LogP contribution in [0.4, 0.5) is 4.39 Å². The van der Waals surface area contributed by atoms with Gasteiger partial charge in [-0.3, -0.25) is 9.59 Å². The number of carbonyl (C=O) groups is 2. The molecule has 0 fully saturated rings. The zero-order valence-electron chi connectivity index (χ0n) is 9.85. The highest BCUT2D eigenvalue weighted by atomic mass is 19.1. The smallest absolute Gasteiger partial charge is 0.305 e. The SMILES string of the molecule is CC(Oc1ccc(F)cc1)C(=O)NCCC(=O)O. The lowest BCUT2D eigenvalue weighted by atomic mass is 10.3. The van der Waals surface area contributed by atoms with E-state index in [0.29, 0.717) is 5.75 Å². The Morgan fingerprint density at radius 2 is 2.00 bits per heavy atom. The molecule has 18 heavy (non-hydrogen) atoms. The van der Waals surface area contributed by atoms with Crippen molar-refractivity contribution in [3.63, 3.8) is 0 Å². The highest BCUT2D eigenvalue weighted by Gasteiger charge is 2.14. The van der Waals surface area contributed by atoms with Gasteiger partial charge in [0.25, 0.3) is 5.91 Å². The Morgan fingerprint density at radius 1 is 1.39 bits per heavy atom. The highest BCUT2D eigenvalue weighted by Crippen LogP contribution is 2.12. The summed E-state index contributed by atoms with van der Waals surface area (Å²) >= 11 is 0. The molecular formula is C12H14FNO4. The van der Waals surface area contributed by atoms with Crippen molar-refractivity contribution in [1.29, 1.82) is 0 Å². The van der Waals surface area contributed by atoms with Crippen LogP contribution in [0.2, 0.25) is 0 Å². The predicted molar refractivity (Wildman–Crippen MR) is 61.8 cm³/mol. The van der Waals surface area contributed by atoms with Gasteiger partial charge in [-0.25, -0.2) is 4.39 Å². The largest absolute Gasteiger partial charge is 0.481 e. The van der Waals surface area contributed by atoms with Gasteiger partial charge in [-0.2, -0.15) is 0 Å². The Morgan fingerprint density at radius 3 is 2.56 bits per heavy atom. The molecule has 1 amide bonds. The van der Waals surface area contributed by atoms with Crippen molar-refractivity contribution in [1.82, 2.24) is 5.32 Å². The third-order valence-electron chi connectivity index (χ3n) is 2.13. The summed E-state index contributed by atoms with van der Waals surface area (Å²) in [5, 5.41) is 10.8. The number of aliphatic carboxylic acids is 1. The van der Waals surface area contributed by atoms with Crippen LogP contribution >= 0.6 is 0 Å². The van der Waals surface area contributed by atoms with Crippen LogP contribution in [0, 0.1) is 5.82 Å². The number of carboxylic acid groups (broad SMARTS) is 1. The first kappa shape index (κ1) is 14.0. The molecule has 6 heteroatoms. The molecule has 1 unspecified atom stereocenters. The Labute approximate surface area is 104 Å². The lowest BCUT2D eigenvalue weighted by Crippen LogP contribution is -2.37. The summed E-state index contributed by atoms with van der Waals surface area (Å²) in [4.78, 5) is 21.7. The number of ether oxygens (including phenoxy) is 1. The van der Waals surface area contributed by atoms with Gasteiger partial charge in [0.2, 0.25) is 0 Å². The Kier molecular flexibility index (Phi) is 5.10. The van der Waals surface area contributed by atoms with Crippen LogP contribution in [0.15, 0.2) is 24.3 Å². The van der Waals surface area contributed by atoms with Crippen LogP contribution in [0.25, 0.3) is 0 Å². The molecule has 0 heterocycles. The fourth-order valence-corrected chi connectivity index (χ4v) is 1.21. The predicted octanol–water partition coefficient (Wildman–Crippen LogP) is 1.18. The third kappa shape index (κ3) is 4.82. The van der Waals surface area contributed by atoms with Gasteiger partial charge in [-0.15, -0.1) is 0 Å². The van der Waals surface area contributed by atoms with Crippen molar-refractivity contribution in [2.24, 2.45) is 0 Å². The van der Waals surface area contributed by atoms with Crippen molar-refractivity contribution < 1.29 is 23.8 Å².